The summed E-state index contributed by atoms with van der Waals surface area (Å²) < 4.78 is 6.61. The van der Waals surface area contributed by atoms with E-state index >= 15 is 0 Å². The average molecular weight is 260 g/mol. The van der Waals surface area contributed by atoms with Crippen LogP contribution in [0, 0.1) is 6.92 Å². The van der Waals surface area contributed by atoms with E-state index in [0.717, 1.165) is 11.3 Å². The predicted molar refractivity (Wildman–Crippen MR) is 73.3 cm³/mol. The highest BCUT2D eigenvalue weighted by atomic mass is 16.5. The molecule has 0 aliphatic carbocycles. The predicted octanol–water partition coefficient (Wildman–Crippen LogP) is 1.57. The topological polar surface area (TPSA) is 82.2 Å². The molecule has 6 nitrogen and oxygen atoms in total. The number of benzene rings is 1. The van der Waals surface area contributed by atoms with Gasteiger partial charge in [0, 0.05) is 12.7 Å². The van der Waals surface area contributed by atoms with E-state index in [9.17, 15) is 4.79 Å². The quantitative estimate of drug-likeness (QED) is 0.877. The van der Waals surface area contributed by atoms with Gasteiger partial charge in [-0.3, -0.25) is 9.48 Å². The number of ether oxygens (including phenoxy) is 1. The Hall–Kier alpha value is -2.50. The molecule has 0 aliphatic rings. The van der Waals surface area contributed by atoms with Crippen LogP contribution in [0.25, 0.3) is 0 Å². The molecule has 0 fully saturated rings. The van der Waals surface area contributed by atoms with Crippen LogP contribution in [0.4, 0.5) is 11.4 Å². The Morgan fingerprint density at radius 2 is 2.21 bits per heavy atom. The number of carbonyl (C=O) groups excluding carboxylic acids is 1. The molecule has 100 valence electrons. The number of anilines is 2. The van der Waals surface area contributed by atoms with Crippen molar-refractivity contribution in [1.82, 2.24) is 9.78 Å². The molecule has 0 aliphatic heterocycles. The molecule has 1 heterocycles. The van der Waals surface area contributed by atoms with Crippen LogP contribution in [0.2, 0.25) is 0 Å². The van der Waals surface area contributed by atoms with E-state index in [1.165, 1.54) is 10.9 Å². The van der Waals surface area contributed by atoms with E-state index in [0.29, 0.717) is 17.1 Å². The van der Waals surface area contributed by atoms with E-state index in [1.807, 2.05) is 13.0 Å². The Balaban J connectivity index is 2.22. The van der Waals surface area contributed by atoms with Crippen molar-refractivity contribution >= 4 is 17.3 Å². The van der Waals surface area contributed by atoms with E-state index in [-0.39, 0.29) is 5.91 Å². The van der Waals surface area contributed by atoms with E-state index < -0.39 is 0 Å². The monoisotopic (exact) mass is 260 g/mol. The van der Waals surface area contributed by atoms with Crippen LogP contribution in [-0.2, 0) is 7.05 Å². The Kier molecular flexibility index (Phi) is 3.41. The number of methoxy groups -OCH3 is 1. The Labute approximate surface area is 111 Å². The average Bonchev–Trinajstić information content (AvgIpc) is 2.69. The lowest BCUT2D eigenvalue weighted by molar-refractivity contribution is 0.101. The summed E-state index contributed by atoms with van der Waals surface area (Å²) in [6, 6.07) is 5.41. The van der Waals surface area contributed by atoms with Gasteiger partial charge in [0.05, 0.1) is 19.0 Å². The van der Waals surface area contributed by atoms with Gasteiger partial charge < -0.3 is 15.8 Å². The maximum atomic E-state index is 12.1. The van der Waals surface area contributed by atoms with Crippen LogP contribution in [0.5, 0.6) is 5.75 Å². The van der Waals surface area contributed by atoms with Gasteiger partial charge in [-0.05, 0) is 30.7 Å². The third kappa shape index (κ3) is 2.52. The van der Waals surface area contributed by atoms with Crippen LogP contribution in [0.15, 0.2) is 24.4 Å². The lowest BCUT2D eigenvalue weighted by Crippen LogP contribution is -2.17. The number of nitrogens with one attached hydrogen (secondary N) is 1. The number of nitrogens with two attached hydrogens (primary N) is 1. The minimum absolute atomic E-state index is 0.290. The summed E-state index contributed by atoms with van der Waals surface area (Å²) in [5, 5.41) is 6.72. The number of hydrogen-bond donors (Lipinski definition) is 2. The summed E-state index contributed by atoms with van der Waals surface area (Å²) in [5.74, 6) is 0.486. The number of nitrogens with zero attached hydrogens (tertiary/aromatic N) is 2. The summed E-state index contributed by atoms with van der Waals surface area (Å²) in [5.41, 5.74) is 8.03. The standard InChI is InChI=1S/C13H16N4O2/c1-8-6-9(4-5-11(8)19-3)16-13(18)12-10(14)7-15-17(12)2/h4-7H,14H2,1-3H3,(H,16,18). The highest BCUT2D eigenvalue weighted by molar-refractivity contribution is 6.06. The van der Waals surface area contributed by atoms with Crippen LogP contribution in [-0.4, -0.2) is 22.8 Å². The van der Waals surface area contributed by atoms with Crippen LogP contribution >= 0.6 is 0 Å². The molecule has 0 spiro atoms. The fourth-order valence-electron chi connectivity index (χ4n) is 1.88. The molecular weight excluding hydrogens is 244 g/mol. The number of hydrogen-bond acceptors (Lipinski definition) is 4. The summed E-state index contributed by atoms with van der Waals surface area (Å²) in [6.45, 7) is 1.91. The van der Waals surface area contributed by atoms with Crippen molar-refractivity contribution in [3.05, 3.63) is 35.7 Å². The van der Waals surface area contributed by atoms with Gasteiger partial charge in [0.15, 0.2) is 0 Å². The van der Waals surface area contributed by atoms with E-state index in [4.69, 9.17) is 10.5 Å². The second-order valence-electron chi connectivity index (χ2n) is 4.21. The highest BCUT2D eigenvalue weighted by Crippen LogP contribution is 2.22. The summed E-state index contributed by atoms with van der Waals surface area (Å²) >= 11 is 0. The number of carbonyl (C=O) groups is 1. The number of aryl methyl sites for hydroxylation is 2. The van der Waals surface area contributed by atoms with Crippen molar-refractivity contribution in [1.29, 1.82) is 0 Å². The fourth-order valence-corrected chi connectivity index (χ4v) is 1.88. The van der Waals surface area contributed by atoms with E-state index in [2.05, 4.69) is 10.4 Å². The van der Waals surface area contributed by atoms with Crippen molar-refractivity contribution in [3.63, 3.8) is 0 Å². The van der Waals surface area contributed by atoms with E-state index in [1.54, 1.807) is 26.3 Å². The maximum absolute atomic E-state index is 12.1. The van der Waals surface area contributed by atoms with Crippen LogP contribution in [0.1, 0.15) is 16.1 Å². The molecule has 2 aromatic rings. The van der Waals surface area contributed by atoms with Gasteiger partial charge in [0.1, 0.15) is 11.4 Å². The van der Waals surface area contributed by atoms with Crippen molar-refractivity contribution in [2.75, 3.05) is 18.2 Å². The molecule has 1 amide bonds. The minimum atomic E-state index is -0.290. The van der Waals surface area contributed by atoms with Crippen molar-refractivity contribution in [2.24, 2.45) is 7.05 Å². The van der Waals surface area contributed by atoms with Gasteiger partial charge >= 0.3 is 0 Å². The van der Waals surface area contributed by atoms with Gasteiger partial charge in [-0.25, -0.2) is 0 Å². The smallest absolute Gasteiger partial charge is 0.276 e. The SMILES string of the molecule is COc1ccc(NC(=O)c2c(N)cnn2C)cc1C. The molecule has 0 bridgehead atoms. The lowest BCUT2D eigenvalue weighted by Gasteiger charge is -2.09. The van der Waals surface area contributed by atoms with Gasteiger partial charge in [-0.1, -0.05) is 0 Å². The largest absolute Gasteiger partial charge is 0.496 e. The third-order valence-electron chi connectivity index (χ3n) is 2.83. The molecule has 19 heavy (non-hydrogen) atoms. The second-order valence-corrected chi connectivity index (χ2v) is 4.21. The fraction of sp³-hybridized carbons (Fsp3) is 0.231. The second kappa shape index (κ2) is 5.01. The van der Waals surface area contributed by atoms with Crippen molar-refractivity contribution < 1.29 is 9.53 Å². The molecule has 1 aromatic heterocycles. The maximum Gasteiger partial charge on any atom is 0.276 e. The zero-order valence-electron chi connectivity index (χ0n) is 11.1. The lowest BCUT2D eigenvalue weighted by atomic mass is 10.2. The van der Waals surface area contributed by atoms with Crippen LogP contribution < -0.4 is 15.8 Å². The first-order valence-corrected chi connectivity index (χ1v) is 5.76. The molecule has 0 saturated heterocycles. The first kappa shape index (κ1) is 12.9. The molecule has 6 heteroatoms. The number of rotatable bonds is 3. The van der Waals surface area contributed by atoms with Gasteiger partial charge in [-0.2, -0.15) is 5.10 Å². The first-order valence-electron chi connectivity index (χ1n) is 5.76. The number of aromatic nitrogens is 2. The summed E-state index contributed by atoms with van der Waals surface area (Å²) in [7, 11) is 3.28. The molecule has 0 atom stereocenters. The molecule has 0 unspecified atom stereocenters. The van der Waals surface area contributed by atoms with Crippen LogP contribution in [0.3, 0.4) is 0 Å². The molecule has 1 aromatic carbocycles. The van der Waals surface area contributed by atoms with Gasteiger partial charge in [-0.15, -0.1) is 0 Å². The third-order valence-corrected chi connectivity index (χ3v) is 2.83. The normalized spacial score (nSPS) is 10.3. The first-order chi connectivity index (χ1) is 9.02. The molecule has 0 radical (unpaired) electrons. The van der Waals surface area contributed by atoms with Gasteiger partial charge in [0.25, 0.3) is 5.91 Å². The highest BCUT2D eigenvalue weighted by Gasteiger charge is 2.15. The molecular formula is C13H16N4O2. The Bertz CT molecular complexity index is 600. The minimum Gasteiger partial charge on any atom is -0.496 e. The zero-order valence-corrected chi connectivity index (χ0v) is 11.1. The summed E-state index contributed by atoms with van der Waals surface area (Å²) in [4.78, 5) is 12.1. The zero-order chi connectivity index (χ0) is 14.0. The van der Waals surface area contributed by atoms with Crippen molar-refractivity contribution in [2.45, 2.75) is 6.92 Å². The molecule has 2 rings (SSSR count). The summed E-state index contributed by atoms with van der Waals surface area (Å²) in [6.07, 6.45) is 1.45. The van der Waals surface area contributed by atoms with Crippen molar-refractivity contribution in [3.8, 4) is 5.75 Å². The number of nitrogen functional groups attached to an aromatic ring is 1. The molecule has 0 saturated carbocycles. The van der Waals surface area contributed by atoms with Gasteiger partial charge in [0.2, 0.25) is 0 Å². The number of amides is 1. The Morgan fingerprint density at radius 3 is 2.74 bits per heavy atom. The molecule has 3 N–H and O–H groups in total. The Morgan fingerprint density at radius 1 is 1.47 bits per heavy atom.